The average molecular weight is 452 g/mol. The Morgan fingerprint density at radius 3 is 1.93 bits per heavy atom. The predicted octanol–water partition coefficient (Wildman–Crippen LogP) is 3.85. The van der Waals surface area contributed by atoms with Gasteiger partial charge in [-0.1, -0.05) is 6.07 Å². The van der Waals surface area contributed by atoms with E-state index in [2.05, 4.69) is 4.37 Å². The van der Waals surface area contributed by atoms with E-state index in [0.717, 1.165) is 17.4 Å². The van der Waals surface area contributed by atoms with Gasteiger partial charge in [-0.25, -0.2) is 0 Å². The summed E-state index contributed by atoms with van der Waals surface area (Å²) in [5.74, 6) is 1.89. The minimum absolute atomic E-state index is 0.0968. The molecule has 160 valence electrons. The summed E-state index contributed by atoms with van der Waals surface area (Å²) in [5, 5.41) is 1.87. The highest BCUT2D eigenvalue weighted by Crippen LogP contribution is 2.44. The topological polar surface area (TPSA) is 93.2 Å². The van der Waals surface area contributed by atoms with Gasteiger partial charge in [-0.05, 0) is 41.4 Å². The number of aromatic nitrogens is 1. The van der Waals surface area contributed by atoms with E-state index < -0.39 is 10.1 Å². The number of rotatable bonds is 8. The SMILES string of the molecule is COc1ccc(-c2csnc2-c2cc(OC)c(OC)c(OC)c2)cc1OS(C)(=O)=O. The molecule has 8 nitrogen and oxygen atoms in total. The fourth-order valence-electron chi connectivity index (χ4n) is 2.94. The van der Waals surface area contributed by atoms with Crippen LogP contribution in [-0.2, 0) is 10.1 Å². The molecule has 3 rings (SSSR count). The minimum Gasteiger partial charge on any atom is -0.493 e. The summed E-state index contributed by atoms with van der Waals surface area (Å²) < 4.78 is 54.3. The summed E-state index contributed by atoms with van der Waals surface area (Å²) in [6.07, 6.45) is 0.979. The van der Waals surface area contributed by atoms with E-state index in [0.29, 0.717) is 34.3 Å². The van der Waals surface area contributed by atoms with Gasteiger partial charge >= 0.3 is 10.1 Å². The lowest BCUT2D eigenvalue weighted by Crippen LogP contribution is -2.06. The monoisotopic (exact) mass is 451 g/mol. The highest BCUT2D eigenvalue weighted by molar-refractivity contribution is 7.86. The lowest BCUT2D eigenvalue weighted by atomic mass is 10.0. The predicted molar refractivity (Wildman–Crippen MR) is 115 cm³/mol. The Morgan fingerprint density at radius 1 is 0.800 bits per heavy atom. The Labute approximate surface area is 179 Å². The molecule has 1 aromatic heterocycles. The Bertz CT molecular complexity index is 1130. The maximum absolute atomic E-state index is 11.6. The summed E-state index contributed by atoms with van der Waals surface area (Å²) in [7, 11) is 2.34. The zero-order chi connectivity index (χ0) is 21.9. The summed E-state index contributed by atoms with van der Waals surface area (Å²) in [5.41, 5.74) is 2.93. The smallest absolute Gasteiger partial charge is 0.306 e. The first-order valence-corrected chi connectivity index (χ1v) is 11.3. The van der Waals surface area contributed by atoms with Crippen LogP contribution in [0.3, 0.4) is 0 Å². The lowest BCUT2D eigenvalue weighted by molar-refractivity contribution is 0.324. The molecule has 0 aliphatic rings. The number of methoxy groups -OCH3 is 4. The first kappa shape index (κ1) is 21.7. The zero-order valence-electron chi connectivity index (χ0n) is 17.1. The molecule has 0 atom stereocenters. The second-order valence-corrected chi connectivity index (χ2v) is 8.35. The van der Waals surface area contributed by atoms with Gasteiger partial charge in [0.1, 0.15) is 0 Å². The molecular weight excluding hydrogens is 430 g/mol. The molecule has 0 N–H and O–H groups in total. The quantitative estimate of drug-likeness (QED) is 0.477. The van der Waals surface area contributed by atoms with Crippen molar-refractivity contribution in [2.45, 2.75) is 0 Å². The fourth-order valence-corrected chi connectivity index (χ4v) is 4.11. The van der Waals surface area contributed by atoms with E-state index in [4.69, 9.17) is 23.1 Å². The maximum Gasteiger partial charge on any atom is 0.306 e. The van der Waals surface area contributed by atoms with Crippen molar-refractivity contribution >= 4 is 21.7 Å². The molecule has 0 bridgehead atoms. The largest absolute Gasteiger partial charge is 0.493 e. The van der Waals surface area contributed by atoms with Crippen molar-refractivity contribution in [1.29, 1.82) is 0 Å². The summed E-state index contributed by atoms with van der Waals surface area (Å²) >= 11 is 1.27. The summed E-state index contributed by atoms with van der Waals surface area (Å²) in [4.78, 5) is 0. The number of ether oxygens (including phenoxy) is 4. The van der Waals surface area contributed by atoms with Crippen molar-refractivity contribution in [3.8, 4) is 51.1 Å². The molecule has 2 aromatic carbocycles. The molecule has 0 saturated carbocycles. The van der Waals surface area contributed by atoms with Gasteiger partial charge in [-0.15, -0.1) is 0 Å². The molecule has 0 spiro atoms. The Kier molecular flexibility index (Phi) is 6.37. The molecule has 0 aliphatic carbocycles. The molecule has 10 heteroatoms. The van der Waals surface area contributed by atoms with E-state index in [1.807, 2.05) is 5.38 Å². The van der Waals surface area contributed by atoms with E-state index >= 15 is 0 Å². The van der Waals surface area contributed by atoms with Crippen LogP contribution in [0.4, 0.5) is 0 Å². The average Bonchev–Trinajstić information content (AvgIpc) is 3.21. The second kappa shape index (κ2) is 8.80. The van der Waals surface area contributed by atoms with Crippen LogP contribution in [0.1, 0.15) is 0 Å². The number of hydrogen-bond acceptors (Lipinski definition) is 9. The molecule has 1 heterocycles. The molecule has 0 saturated heterocycles. The van der Waals surface area contributed by atoms with Crippen LogP contribution in [-0.4, -0.2) is 47.5 Å². The first-order valence-electron chi connectivity index (χ1n) is 8.64. The van der Waals surface area contributed by atoms with Gasteiger partial charge in [0.15, 0.2) is 23.0 Å². The Hall–Kier alpha value is -2.98. The van der Waals surface area contributed by atoms with Gasteiger partial charge in [-0.3, -0.25) is 0 Å². The molecule has 3 aromatic rings. The molecule has 30 heavy (non-hydrogen) atoms. The van der Waals surface area contributed by atoms with Crippen LogP contribution in [0, 0.1) is 0 Å². The normalized spacial score (nSPS) is 11.1. The number of benzene rings is 2. The summed E-state index contributed by atoms with van der Waals surface area (Å²) in [6.45, 7) is 0. The second-order valence-electron chi connectivity index (χ2n) is 6.14. The Balaban J connectivity index is 2.14. The van der Waals surface area contributed by atoms with E-state index in [1.165, 1.54) is 25.8 Å². The molecule has 0 radical (unpaired) electrons. The third-order valence-electron chi connectivity index (χ3n) is 4.22. The molecular formula is C20H21NO7S2. The van der Waals surface area contributed by atoms with Gasteiger partial charge in [-0.2, -0.15) is 12.8 Å². The number of nitrogens with zero attached hydrogens (tertiary/aromatic N) is 1. The fraction of sp³-hybridized carbons (Fsp3) is 0.250. The summed E-state index contributed by atoms with van der Waals surface area (Å²) in [6, 6.07) is 8.66. The van der Waals surface area contributed by atoms with Crippen LogP contribution >= 0.6 is 11.5 Å². The van der Waals surface area contributed by atoms with Crippen molar-refractivity contribution in [1.82, 2.24) is 4.37 Å². The van der Waals surface area contributed by atoms with Crippen molar-refractivity contribution in [3.63, 3.8) is 0 Å². The van der Waals surface area contributed by atoms with Crippen molar-refractivity contribution < 1.29 is 31.5 Å². The van der Waals surface area contributed by atoms with Crippen molar-refractivity contribution in [3.05, 3.63) is 35.7 Å². The highest BCUT2D eigenvalue weighted by Gasteiger charge is 2.20. The number of hydrogen-bond donors (Lipinski definition) is 0. The van der Waals surface area contributed by atoms with Gasteiger partial charge in [0, 0.05) is 16.5 Å². The van der Waals surface area contributed by atoms with Gasteiger partial charge in [0.25, 0.3) is 0 Å². The first-order chi connectivity index (χ1) is 14.3. The van der Waals surface area contributed by atoms with Gasteiger partial charge in [0.05, 0.1) is 40.4 Å². The molecule has 0 amide bonds. The Morgan fingerprint density at radius 2 is 1.40 bits per heavy atom. The molecule has 0 aliphatic heterocycles. The minimum atomic E-state index is -3.72. The van der Waals surface area contributed by atoms with Crippen LogP contribution in [0.25, 0.3) is 22.4 Å². The lowest BCUT2D eigenvalue weighted by Gasteiger charge is -2.14. The van der Waals surface area contributed by atoms with Gasteiger partial charge in [0.2, 0.25) is 5.75 Å². The maximum atomic E-state index is 11.6. The van der Waals surface area contributed by atoms with Crippen molar-refractivity contribution in [2.75, 3.05) is 34.7 Å². The van der Waals surface area contributed by atoms with E-state index in [9.17, 15) is 8.42 Å². The van der Waals surface area contributed by atoms with E-state index in [-0.39, 0.29) is 5.75 Å². The van der Waals surface area contributed by atoms with Crippen LogP contribution in [0.15, 0.2) is 35.7 Å². The zero-order valence-corrected chi connectivity index (χ0v) is 18.7. The standard InChI is InChI=1S/C20H21NO7S2/c1-24-15-7-6-12(8-16(15)28-30(5,22)23)14-11-29-21-19(14)13-9-17(25-2)20(27-4)18(10-13)26-3/h6-11H,1-5H3. The molecule has 0 unspecified atom stereocenters. The van der Waals surface area contributed by atoms with Crippen LogP contribution < -0.4 is 23.1 Å². The third kappa shape index (κ3) is 4.44. The van der Waals surface area contributed by atoms with Gasteiger partial charge < -0.3 is 23.1 Å². The third-order valence-corrected chi connectivity index (χ3v) is 5.34. The molecule has 0 fully saturated rings. The van der Waals surface area contributed by atoms with E-state index in [1.54, 1.807) is 44.6 Å². The van der Waals surface area contributed by atoms with Crippen molar-refractivity contribution in [2.24, 2.45) is 0 Å². The van der Waals surface area contributed by atoms with Crippen LogP contribution in [0.5, 0.6) is 28.7 Å². The van der Waals surface area contributed by atoms with Crippen LogP contribution in [0.2, 0.25) is 0 Å². The highest BCUT2D eigenvalue weighted by atomic mass is 32.2.